The lowest BCUT2D eigenvalue weighted by molar-refractivity contribution is 0.119. The number of hydrogen-bond donors (Lipinski definition) is 1. The molecule has 0 aromatic heterocycles. The summed E-state index contributed by atoms with van der Waals surface area (Å²) in [6.45, 7) is 11.8. The van der Waals surface area contributed by atoms with E-state index in [9.17, 15) is 0 Å². The molecule has 0 aromatic rings. The van der Waals surface area contributed by atoms with E-state index in [-0.39, 0.29) is 0 Å². The lowest BCUT2D eigenvalue weighted by Crippen LogP contribution is -2.45. The van der Waals surface area contributed by atoms with E-state index in [1.807, 2.05) is 6.92 Å². The molecule has 1 N–H and O–H groups in total. The second-order valence-electron chi connectivity index (χ2n) is 4.91. The van der Waals surface area contributed by atoms with Crippen molar-refractivity contribution in [1.82, 2.24) is 10.2 Å². The van der Waals surface area contributed by atoms with Gasteiger partial charge in [0, 0.05) is 25.2 Å². The molecule has 1 fully saturated rings. The monoisotopic (exact) mass is 228 g/mol. The van der Waals surface area contributed by atoms with E-state index in [1.165, 1.54) is 32.4 Å². The quantitative estimate of drug-likeness (QED) is 0.720. The highest BCUT2D eigenvalue weighted by Gasteiger charge is 2.16. The van der Waals surface area contributed by atoms with Crippen LogP contribution in [-0.4, -0.2) is 49.8 Å². The molecule has 0 bridgehead atoms. The zero-order valence-corrected chi connectivity index (χ0v) is 11.2. The molecule has 1 rings (SSSR count). The topological polar surface area (TPSA) is 24.5 Å². The Hall–Kier alpha value is -0.120. The Labute approximate surface area is 101 Å². The van der Waals surface area contributed by atoms with Crippen LogP contribution >= 0.6 is 0 Å². The molecule has 2 unspecified atom stereocenters. The lowest BCUT2D eigenvalue weighted by Gasteiger charge is -2.33. The van der Waals surface area contributed by atoms with Crippen molar-refractivity contribution >= 4 is 0 Å². The first-order chi connectivity index (χ1) is 7.74. The average Bonchev–Trinajstić information content (AvgIpc) is 2.34. The molecule has 0 aliphatic carbocycles. The number of nitrogens with one attached hydrogen (secondary N) is 1. The number of likely N-dealkylation sites (tertiary alicyclic amines) is 1. The van der Waals surface area contributed by atoms with Crippen LogP contribution in [-0.2, 0) is 4.74 Å². The summed E-state index contributed by atoms with van der Waals surface area (Å²) >= 11 is 0. The standard InChI is InChI=1S/C13H28N2O/c1-4-16-11-12(2)14-10-13(3)15-8-6-5-7-9-15/h12-14H,4-11H2,1-3H3. The second kappa shape index (κ2) is 8.04. The third-order valence-corrected chi connectivity index (χ3v) is 3.35. The van der Waals surface area contributed by atoms with Crippen molar-refractivity contribution in [2.75, 3.05) is 32.8 Å². The predicted molar refractivity (Wildman–Crippen MR) is 68.8 cm³/mol. The molecule has 16 heavy (non-hydrogen) atoms. The van der Waals surface area contributed by atoms with Gasteiger partial charge in [-0.2, -0.15) is 0 Å². The van der Waals surface area contributed by atoms with Crippen LogP contribution in [0.2, 0.25) is 0 Å². The summed E-state index contributed by atoms with van der Waals surface area (Å²) in [7, 11) is 0. The molecule has 0 radical (unpaired) electrons. The number of rotatable bonds is 7. The third kappa shape index (κ3) is 5.28. The molecule has 3 heteroatoms. The van der Waals surface area contributed by atoms with Crippen LogP contribution in [0.3, 0.4) is 0 Å². The molecule has 1 saturated heterocycles. The van der Waals surface area contributed by atoms with E-state index in [0.717, 1.165) is 19.8 Å². The normalized spacial score (nSPS) is 21.9. The van der Waals surface area contributed by atoms with Crippen LogP contribution in [0.15, 0.2) is 0 Å². The van der Waals surface area contributed by atoms with Crippen molar-refractivity contribution in [2.45, 2.75) is 52.1 Å². The van der Waals surface area contributed by atoms with Gasteiger partial charge < -0.3 is 10.1 Å². The Kier molecular flexibility index (Phi) is 7.01. The number of ether oxygens (including phenoxy) is 1. The first-order valence-corrected chi connectivity index (χ1v) is 6.79. The van der Waals surface area contributed by atoms with Crippen molar-refractivity contribution in [1.29, 1.82) is 0 Å². The zero-order valence-electron chi connectivity index (χ0n) is 11.2. The maximum Gasteiger partial charge on any atom is 0.0616 e. The largest absolute Gasteiger partial charge is 0.380 e. The Balaban J connectivity index is 2.10. The minimum absolute atomic E-state index is 0.465. The average molecular weight is 228 g/mol. The summed E-state index contributed by atoms with van der Waals surface area (Å²) in [6, 6.07) is 1.12. The molecule has 0 spiro atoms. The lowest BCUT2D eigenvalue weighted by atomic mass is 10.1. The molecule has 0 aromatic carbocycles. The highest BCUT2D eigenvalue weighted by atomic mass is 16.5. The summed E-state index contributed by atoms with van der Waals surface area (Å²) in [4.78, 5) is 2.60. The molecule has 1 heterocycles. The van der Waals surface area contributed by atoms with Gasteiger partial charge in [-0.05, 0) is 46.7 Å². The van der Waals surface area contributed by atoms with Crippen LogP contribution in [0.25, 0.3) is 0 Å². The second-order valence-corrected chi connectivity index (χ2v) is 4.91. The summed E-state index contributed by atoms with van der Waals surface area (Å²) in [6.07, 6.45) is 4.16. The van der Waals surface area contributed by atoms with Gasteiger partial charge in [0.2, 0.25) is 0 Å². The van der Waals surface area contributed by atoms with Crippen LogP contribution in [0.1, 0.15) is 40.0 Å². The van der Waals surface area contributed by atoms with Crippen LogP contribution < -0.4 is 5.32 Å². The van der Waals surface area contributed by atoms with Crippen LogP contribution in [0, 0.1) is 0 Å². The van der Waals surface area contributed by atoms with Crippen molar-refractivity contribution in [3.63, 3.8) is 0 Å². The van der Waals surface area contributed by atoms with Gasteiger partial charge >= 0.3 is 0 Å². The SMILES string of the molecule is CCOCC(C)NCC(C)N1CCCCC1. The molecule has 2 atom stereocenters. The van der Waals surface area contributed by atoms with Gasteiger partial charge in [0.15, 0.2) is 0 Å². The Morgan fingerprint density at radius 3 is 2.50 bits per heavy atom. The van der Waals surface area contributed by atoms with E-state index in [1.54, 1.807) is 0 Å². The fourth-order valence-electron chi connectivity index (χ4n) is 2.21. The molecular weight excluding hydrogens is 200 g/mol. The Bertz CT molecular complexity index is 169. The van der Waals surface area contributed by atoms with Gasteiger partial charge in [0.05, 0.1) is 6.61 Å². The molecule has 0 amide bonds. The first-order valence-electron chi connectivity index (χ1n) is 6.79. The minimum Gasteiger partial charge on any atom is -0.380 e. The van der Waals surface area contributed by atoms with Gasteiger partial charge in [-0.1, -0.05) is 6.42 Å². The fourth-order valence-corrected chi connectivity index (χ4v) is 2.21. The first kappa shape index (κ1) is 13.9. The van der Waals surface area contributed by atoms with E-state index >= 15 is 0 Å². The summed E-state index contributed by atoms with van der Waals surface area (Å²) in [5.41, 5.74) is 0. The van der Waals surface area contributed by atoms with Gasteiger partial charge in [-0.15, -0.1) is 0 Å². The summed E-state index contributed by atoms with van der Waals surface area (Å²) < 4.78 is 5.40. The van der Waals surface area contributed by atoms with Crippen LogP contribution in [0.5, 0.6) is 0 Å². The van der Waals surface area contributed by atoms with Crippen molar-refractivity contribution < 1.29 is 4.74 Å². The van der Waals surface area contributed by atoms with Gasteiger partial charge in [0.1, 0.15) is 0 Å². The Morgan fingerprint density at radius 1 is 1.19 bits per heavy atom. The van der Waals surface area contributed by atoms with Gasteiger partial charge in [0.25, 0.3) is 0 Å². The maximum absolute atomic E-state index is 5.40. The van der Waals surface area contributed by atoms with Gasteiger partial charge in [-0.3, -0.25) is 4.90 Å². The van der Waals surface area contributed by atoms with Crippen LogP contribution in [0.4, 0.5) is 0 Å². The van der Waals surface area contributed by atoms with Gasteiger partial charge in [-0.25, -0.2) is 0 Å². The van der Waals surface area contributed by atoms with E-state index in [4.69, 9.17) is 4.74 Å². The Morgan fingerprint density at radius 2 is 1.88 bits per heavy atom. The predicted octanol–water partition coefficient (Wildman–Crippen LogP) is 1.88. The van der Waals surface area contributed by atoms with E-state index in [0.29, 0.717) is 12.1 Å². The van der Waals surface area contributed by atoms with Crippen molar-refractivity contribution in [3.8, 4) is 0 Å². The molecule has 1 aliphatic heterocycles. The number of nitrogens with zero attached hydrogens (tertiary/aromatic N) is 1. The minimum atomic E-state index is 0.465. The molecule has 1 aliphatic rings. The number of hydrogen-bond acceptors (Lipinski definition) is 3. The van der Waals surface area contributed by atoms with Crippen molar-refractivity contribution in [3.05, 3.63) is 0 Å². The van der Waals surface area contributed by atoms with Crippen molar-refractivity contribution in [2.24, 2.45) is 0 Å². The molecule has 96 valence electrons. The molecule has 0 saturated carbocycles. The zero-order chi connectivity index (χ0) is 11.8. The smallest absolute Gasteiger partial charge is 0.0616 e. The molecule has 3 nitrogen and oxygen atoms in total. The maximum atomic E-state index is 5.40. The molecular formula is C13H28N2O. The van der Waals surface area contributed by atoms with E-state index in [2.05, 4.69) is 24.1 Å². The summed E-state index contributed by atoms with van der Waals surface area (Å²) in [5, 5.41) is 3.55. The summed E-state index contributed by atoms with van der Waals surface area (Å²) in [5.74, 6) is 0. The third-order valence-electron chi connectivity index (χ3n) is 3.35. The number of piperidine rings is 1. The van der Waals surface area contributed by atoms with E-state index < -0.39 is 0 Å². The highest BCUT2D eigenvalue weighted by Crippen LogP contribution is 2.11. The highest BCUT2D eigenvalue weighted by molar-refractivity contribution is 4.74. The fraction of sp³-hybridized carbons (Fsp3) is 1.00.